The summed E-state index contributed by atoms with van der Waals surface area (Å²) in [6.07, 6.45) is 11.3. The molecule has 1 aromatic carbocycles. The molecule has 6 atom stereocenters. The maximum absolute atomic E-state index is 13.9. The molecule has 184 valence electrons. The molecule has 4 heteroatoms. The monoisotopic (exact) mass is 470 g/mol. The van der Waals surface area contributed by atoms with Gasteiger partial charge in [-0.2, -0.15) is 5.10 Å². The van der Waals surface area contributed by atoms with Crippen LogP contribution in [-0.2, 0) is 4.79 Å². The van der Waals surface area contributed by atoms with Crippen LogP contribution in [-0.4, -0.2) is 26.8 Å². The minimum absolute atomic E-state index is 0.175. The number of allylic oxidation sites excluding steroid dienone is 2. The van der Waals surface area contributed by atoms with Crippen LogP contribution in [0.2, 0.25) is 0 Å². The van der Waals surface area contributed by atoms with Crippen LogP contribution in [0.5, 0.6) is 0 Å². The lowest BCUT2D eigenvalue weighted by molar-refractivity contribution is -0.130. The number of aryl methyl sites for hydroxylation is 1. The van der Waals surface area contributed by atoms with Crippen LogP contribution in [0.25, 0.3) is 11.8 Å². The molecule has 0 unspecified atom stereocenters. The number of para-hydroxylation sites is 1. The second-order valence-corrected chi connectivity index (χ2v) is 12.1. The Morgan fingerprint density at radius 2 is 1.77 bits per heavy atom. The SMILES string of the molecule is Cc1nn(-c2ccccc2)c(C)c1/C=C1\C[C@@H]2[C@H]3CC=C4C[C@H](O)CC[C@]4(C)[C@@H]3CC[C@@]2(C)C1=O. The zero-order chi connectivity index (χ0) is 24.5. The van der Waals surface area contributed by atoms with Crippen molar-refractivity contribution in [1.29, 1.82) is 0 Å². The lowest BCUT2D eigenvalue weighted by Gasteiger charge is -2.56. The minimum Gasteiger partial charge on any atom is -0.393 e. The number of aliphatic hydroxyl groups is 1. The van der Waals surface area contributed by atoms with Crippen LogP contribution in [0.15, 0.2) is 47.6 Å². The van der Waals surface area contributed by atoms with Gasteiger partial charge in [0.2, 0.25) is 0 Å². The number of benzene rings is 1. The van der Waals surface area contributed by atoms with Crippen molar-refractivity contribution in [1.82, 2.24) is 9.78 Å². The smallest absolute Gasteiger partial charge is 0.165 e. The summed E-state index contributed by atoms with van der Waals surface area (Å²) in [6, 6.07) is 10.2. The molecule has 4 aliphatic rings. The molecule has 4 nitrogen and oxygen atoms in total. The summed E-state index contributed by atoms with van der Waals surface area (Å²) in [5.74, 6) is 1.96. The van der Waals surface area contributed by atoms with E-state index in [1.807, 2.05) is 22.9 Å². The highest BCUT2D eigenvalue weighted by molar-refractivity contribution is 6.06. The van der Waals surface area contributed by atoms with Gasteiger partial charge in [-0.05, 0) is 106 Å². The van der Waals surface area contributed by atoms with Gasteiger partial charge in [0.1, 0.15) is 0 Å². The van der Waals surface area contributed by atoms with Gasteiger partial charge in [0.05, 0.1) is 17.5 Å². The van der Waals surface area contributed by atoms with E-state index < -0.39 is 0 Å². The first-order valence-corrected chi connectivity index (χ1v) is 13.5. The fourth-order valence-corrected chi connectivity index (χ4v) is 8.30. The molecular weight excluding hydrogens is 432 g/mol. The zero-order valence-corrected chi connectivity index (χ0v) is 21.6. The van der Waals surface area contributed by atoms with Crippen LogP contribution >= 0.6 is 0 Å². The van der Waals surface area contributed by atoms with E-state index in [4.69, 9.17) is 5.10 Å². The van der Waals surface area contributed by atoms with Gasteiger partial charge in [0.25, 0.3) is 0 Å². The topological polar surface area (TPSA) is 55.1 Å². The Kier molecular flexibility index (Phi) is 5.27. The number of aliphatic hydroxyl groups excluding tert-OH is 1. The third-order valence-electron chi connectivity index (χ3n) is 10.4. The summed E-state index contributed by atoms with van der Waals surface area (Å²) < 4.78 is 2.00. The third kappa shape index (κ3) is 3.36. The molecule has 35 heavy (non-hydrogen) atoms. The summed E-state index contributed by atoms with van der Waals surface area (Å²) in [4.78, 5) is 13.9. The second kappa shape index (κ2) is 8.03. The highest BCUT2D eigenvalue weighted by Gasteiger charge is 2.59. The Morgan fingerprint density at radius 1 is 1.03 bits per heavy atom. The standard InChI is InChI=1S/C31H38N2O2/c1-19-26(20(2)33(32-19)23-8-6-5-7-9-23)16-21-17-28-25-11-10-22-18-24(34)12-14-30(22,3)27(25)13-15-31(28,4)29(21)35/h5-10,16,24-25,27-28,34H,11-15,17-18H2,1-4H3/b21-16+/t24-,25+,27-,28-,30+,31-/m1/s1. The normalized spacial score (nSPS) is 37.6. The number of ketones is 1. The summed E-state index contributed by atoms with van der Waals surface area (Å²) in [6.45, 7) is 8.85. The first-order chi connectivity index (χ1) is 16.7. The lowest BCUT2D eigenvalue weighted by atomic mass is 9.48. The van der Waals surface area contributed by atoms with Crippen molar-refractivity contribution in [3.8, 4) is 5.69 Å². The minimum atomic E-state index is -0.250. The van der Waals surface area contributed by atoms with Gasteiger partial charge in [-0.15, -0.1) is 0 Å². The molecule has 3 saturated carbocycles. The van der Waals surface area contributed by atoms with E-state index in [1.165, 1.54) is 5.57 Å². The van der Waals surface area contributed by atoms with E-state index >= 15 is 0 Å². The molecule has 0 amide bonds. The molecular formula is C31H38N2O2. The maximum atomic E-state index is 13.9. The number of nitrogens with zero attached hydrogens (tertiary/aromatic N) is 2. The molecule has 0 bridgehead atoms. The molecule has 1 aromatic heterocycles. The van der Waals surface area contributed by atoms with Gasteiger partial charge >= 0.3 is 0 Å². The van der Waals surface area contributed by atoms with Crippen molar-refractivity contribution in [3.63, 3.8) is 0 Å². The number of aromatic nitrogens is 2. The summed E-state index contributed by atoms with van der Waals surface area (Å²) >= 11 is 0. The molecule has 2 aromatic rings. The molecule has 1 N–H and O–H groups in total. The number of fused-ring (bicyclic) bond motifs is 5. The van der Waals surface area contributed by atoms with E-state index in [9.17, 15) is 9.90 Å². The third-order valence-corrected chi connectivity index (χ3v) is 10.4. The second-order valence-electron chi connectivity index (χ2n) is 12.1. The quantitative estimate of drug-likeness (QED) is 0.409. The molecule has 0 saturated heterocycles. The number of rotatable bonds is 2. The van der Waals surface area contributed by atoms with Crippen LogP contribution < -0.4 is 0 Å². The van der Waals surface area contributed by atoms with Gasteiger partial charge in [0.15, 0.2) is 5.78 Å². The molecule has 0 spiro atoms. The average molecular weight is 471 g/mol. The summed E-state index contributed by atoms with van der Waals surface area (Å²) in [5.41, 5.74) is 6.64. The van der Waals surface area contributed by atoms with E-state index in [0.29, 0.717) is 23.5 Å². The number of hydrogen-bond acceptors (Lipinski definition) is 3. The number of carbonyl (C=O) groups excluding carboxylic acids is 1. The average Bonchev–Trinajstić information content (AvgIpc) is 3.28. The van der Waals surface area contributed by atoms with E-state index in [1.54, 1.807) is 0 Å². The van der Waals surface area contributed by atoms with E-state index in [-0.39, 0.29) is 16.9 Å². The Hall–Kier alpha value is -2.46. The van der Waals surface area contributed by atoms with Crippen LogP contribution in [0.3, 0.4) is 0 Å². The maximum Gasteiger partial charge on any atom is 0.165 e. The number of hydrogen-bond donors (Lipinski definition) is 1. The van der Waals surface area contributed by atoms with Gasteiger partial charge < -0.3 is 5.11 Å². The van der Waals surface area contributed by atoms with Crippen molar-refractivity contribution in [2.24, 2.45) is 28.6 Å². The van der Waals surface area contributed by atoms with Crippen molar-refractivity contribution < 1.29 is 9.90 Å². The fraction of sp³-hybridized carbons (Fsp3) is 0.548. The molecule has 4 aliphatic carbocycles. The van der Waals surface area contributed by atoms with Crippen LogP contribution in [0.4, 0.5) is 0 Å². The molecule has 3 fully saturated rings. The van der Waals surface area contributed by atoms with Crippen molar-refractivity contribution in [3.05, 3.63) is 64.5 Å². The predicted octanol–water partition coefficient (Wildman–Crippen LogP) is 6.38. The van der Waals surface area contributed by atoms with Gasteiger partial charge in [0, 0.05) is 16.7 Å². The number of carbonyl (C=O) groups is 1. The summed E-state index contributed by atoms with van der Waals surface area (Å²) in [5, 5.41) is 15.1. The Bertz CT molecular complexity index is 1240. The first kappa shape index (κ1) is 23.0. The predicted molar refractivity (Wildman–Crippen MR) is 139 cm³/mol. The Balaban J connectivity index is 1.34. The number of Topliss-reactive ketones (excluding diaryl/α,β-unsaturated/α-hetero) is 1. The van der Waals surface area contributed by atoms with E-state index in [2.05, 4.69) is 52.0 Å². The lowest BCUT2D eigenvalue weighted by Crippen LogP contribution is -2.50. The Labute approximate surface area is 209 Å². The largest absolute Gasteiger partial charge is 0.393 e. The molecule has 0 radical (unpaired) electrons. The van der Waals surface area contributed by atoms with E-state index in [0.717, 1.165) is 73.2 Å². The van der Waals surface area contributed by atoms with Crippen LogP contribution in [0, 0.1) is 42.4 Å². The van der Waals surface area contributed by atoms with Crippen molar-refractivity contribution in [2.75, 3.05) is 0 Å². The molecule has 6 rings (SSSR count). The summed E-state index contributed by atoms with van der Waals surface area (Å²) in [7, 11) is 0. The van der Waals surface area contributed by atoms with Gasteiger partial charge in [-0.1, -0.05) is 43.7 Å². The van der Waals surface area contributed by atoms with Crippen LogP contribution in [0.1, 0.15) is 75.7 Å². The molecule has 1 heterocycles. The highest BCUT2D eigenvalue weighted by Crippen LogP contribution is 2.64. The fourth-order valence-electron chi connectivity index (χ4n) is 8.30. The van der Waals surface area contributed by atoms with Crippen molar-refractivity contribution in [2.45, 2.75) is 78.7 Å². The van der Waals surface area contributed by atoms with Crippen molar-refractivity contribution >= 4 is 11.9 Å². The Morgan fingerprint density at radius 3 is 2.54 bits per heavy atom. The first-order valence-electron chi connectivity index (χ1n) is 13.5. The highest BCUT2D eigenvalue weighted by atomic mass is 16.3. The molecule has 0 aliphatic heterocycles. The zero-order valence-electron chi connectivity index (χ0n) is 21.6. The van der Waals surface area contributed by atoms with Gasteiger partial charge in [-0.3, -0.25) is 4.79 Å². The van der Waals surface area contributed by atoms with Gasteiger partial charge in [-0.25, -0.2) is 4.68 Å².